The number of carbonyl (C=O) groups excluding carboxylic acids is 1. The summed E-state index contributed by atoms with van der Waals surface area (Å²) in [4.78, 5) is 24.6. The van der Waals surface area contributed by atoms with Crippen molar-refractivity contribution in [2.45, 2.75) is 0 Å². The molecule has 1 aromatic rings. The van der Waals surface area contributed by atoms with E-state index in [1.165, 1.54) is 0 Å². The molecule has 1 N–H and O–H groups in total. The van der Waals surface area contributed by atoms with Gasteiger partial charge in [0, 0.05) is 38.3 Å². The highest BCUT2D eigenvalue weighted by Gasteiger charge is 2.22. The van der Waals surface area contributed by atoms with Crippen LogP contribution in [-0.4, -0.2) is 54.0 Å². The predicted molar refractivity (Wildman–Crippen MR) is 79.7 cm³/mol. The largest absolute Gasteiger partial charge is 0.304 e. The third-order valence-corrected chi connectivity index (χ3v) is 4.03. The zero-order chi connectivity index (χ0) is 15.6. The smallest absolute Gasteiger partial charge is 0.271 e. The highest BCUT2D eigenvalue weighted by molar-refractivity contribution is 6.44. The number of rotatable bonds is 3. The SMILES string of the molecule is CN1CCN(NC(=O)c2cc([N+](=O)[O-])cc(Cl)c2Cl)CC1. The Morgan fingerprint density at radius 1 is 1.29 bits per heavy atom. The average Bonchev–Trinajstić information content (AvgIpc) is 2.43. The summed E-state index contributed by atoms with van der Waals surface area (Å²) >= 11 is 11.8. The van der Waals surface area contributed by atoms with E-state index >= 15 is 0 Å². The lowest BCUT2D eigenvalue weighted by atomic mass is 10.2. The molecule has 1 fully saturated rings. The fourth-order valence-electron chi connectivity index (χ4n) is 1.97. The number of benzene rings is 1. The van der Waals surface area contributed by atoms with Gasteiger partial charge in [0.2, 0.25) is 0 Å². The lowest BCUT2D eigenvalue weighted by Crippen LogP contribution is -2.52. The van der Waals surface area contributed by atoms with Crippen LogP contribution in [0.1, 0.15) is 10.4 Å². The van der Waals surface area contributed by atoms with Gasteiger partial charge in [-0.2, -0.15) is 0 Å². The first-order chi connectivity index (χ1) is 9.88. The molecule has 0 aromatic heterocycles. The maximum absolute atomic E-state index is 12.2. The van der Waals surface area contributed by atoms with Crippen molar-refractivity contribution >= 4 is 34.8 Å². The molecule has 1 aromatic carbocycles. The number of carbonyl (C=O) groups is 1. The normalized spacial score (nSPS) is 16.7. The topological polar surface area (TPSA) is 78.7 Å². The van der Waals surface area contributed by atoms with Crippen molar-refractivity contribution in [1.82, 2.24) is 15.3 Å². The van der Waals surface area contributed by atoms with E-state index in [9.17, 15) is 14.9 Å². The molecule has 9 heteroatoms. The van der Waals surface area contributed by atoms with Crippen LogP contribution in [0.5, 0.6) is 0 Å². The second kappa shape index (κ2) is 6.57. The number of halogens is 2. The Labute approximate surface area is 131 Å². The van der Waals surface area contributed by atoms with Crippen LogP contribution in [0.2, 0.25) is 10.0 Å². The van der Waals surface area contributed by atoms with Crippen molar-refractivity contribution in [2.24, 2.45) is 0 Å². The molecule has 1 amide bonds. The van der Waals surface area contributed by atoms with Crippen molar-refractivity contribution in [3.05, 3.63) is 37.9 Å². The minimum absolute atomic E-state index is 0.00482. The van der Waals surface area contributed by atoms with Gasteiger partial charge in [0.25, 0.3) is 11.6 Å². The van der Waals surface area contributed by atoms with Gasteiger partial charge in [-0.3, -0.25) is 20.3 Å². The van der Waals surface area contributed by atoms with Crippen LogP contribution in [-0.2, 0) is 0 Å². The number of hydrogen-bond acceptors (Lipinski definition) is 5. The summed E-state index contributed by atoms with van der Waals surface area (Å²) < 4.78 is 0. The fourth-order valence-corrected chi connectivity index (χ4v) is 2.38. The Morgan fingerprint density at radius 3 is 2.48 bits per heavy atom. The van der Waals surface area contributed by atoms with Crippen molar-refractivity contribution in [3.63, 3.8) is 0 Å². The molecule has 114 valence electrons. The zero-order valence-electron chi connectivity index (χ0n) is 11.3. The molecule has 1 heterocycles. The molecule has 7 nitrogen and oxygen atoms in total. The lowest BCUT2D eigenvalue weighted by Gasteiger charge is -2.32. The number of non-ortho nitro benzene ring substituents is 1. The molecule has 2 rings (SSSR count). The number of nitrogens with one attached hydrogen (secondary N) is 1. The number of amides is 1. The highest BCUT2D eigenvalue weighted by Crippen LogP contribution is 2.30. The number of nitro benzene ring substituents is 1. The van der Waals surface area contributed by atoms with Crippen molar-refractivity contribution in [1.29, 1.82) is 0 Å². The minimum Gasteiger partial charge on any atom is -0.304 e. The summed E-state index contributed by atoms with van der Waals surface area (Å²) in [5.41, 5.74) is 2.42. The molecule has 0 spiro atoms. The van der Waals surface area contributed by atoms with E-state index in [1.54, 1.807) is 5.01 Å². The van der Waals surface area contributed by atoms with Gasteiger partial charge < -0.3 is 4.90 Å². The van der Waals surface area contributed by atoms with E-state index in [0.29, 0.717) is 13.1 Å². The first-order valence-electron chi connectivity index (χ1n) is 6.26. The van der Waals surface area contributed by atoms with Gasteiger partial charge in [0.1, 0.15) is 0 Å². The summed E-state index contributed by atoms with van der Waals surface area (Å²) in [6.07, 6.45) is 0. The molecule has 0 saturated carbocycles. The summed E-state index contributed by atoms with van der Waals surface area (Å²) in [6, 6.07) is 2.25. The van der Waals surface area contributed by atoms with E-state index in [2.05, 4.69) is 10.3 Å². The van der Waals surface area contributed by atoms with Crippen LogP contribution in [0.3, 0.4) is 0 Å². The second-order valence-electron chi connectivity index (χ2n) is 4.78. The van der Waals surface area contributed by atoms with Gasteiger partial charge in [-0.15, -0.1) is 0 Å². The van der Waals surface area contributed by atoms with Crippen LogP contribution in [0.15, 0.2) is 12.1 Å². The molecular weight excluding hydrogens is 319 g/mol. The standard InChI is InChI=1S/C12H14Cl2N4O3/c1-16-2-4-17(5-3-16)15-12(19)9-6-8(18(20)21)7-10(13)11(9)14/h6-7H,2-5H2,1H3,(H,15,19). The van der Waals surface area contributed by atoms with Gasteiger partial charge in [-0.05, 0) is 7.05 Å². The van der Waals surface area contributed by atoms with Gasteiger partial charge in [0.15, 0.2) is 0 Å². The van der Waals surface area contributed by atoms with Crippen LogP contribution in [0, 0.1) is 10.1 Å². The van der Waals surface area contributed by atoms with Gasteiger partial charge >= 0.3 is 0 Å². The molecule has 0 aliphatic carbocycles. The molecule has 0 atom stereocenters. The quantitative estimate of drug-likeness (QED) is 0.674. The first-order valence-corrected chi connectivity index (χ1v) is 7.02. The van der Waals surface area contributed by atoms with Crippen molar-refractivity contribution in [2.75, 3.05) is 33.2 Å². The summed E-state index contributed by atoms with van der Waals surface area (Å²) in [5, 5.41) is 12.6. The van der Waals surface area contributed by atoms with Crippen molar-refractivity contribution in [3.8, 4) is 0 Å². The molecule has 1 aliphatic heterocycles. The van der Waals surface area contributed by atoms with Gasteiger partial charge in [-0.25, -0.2) is 5.01 Å². The molecule has 0 bridgehead atoms. The third-order valence-electron chi connectivity index (χ3n) is 3.23. The number of hydrazine groups is 1. The maximum Gasteiger partial charge on any atom is 0.271 e. The minimum atomic E-state index is -0.616. The van der Waals surface area contributed by atoms with Crippen LogP contribution in [0.4, 0.5) is 5.69 Å². The van der Waals surface area contributed by atoms with E-state index in [0.717, 1.165) is 25.2 Å². The van der Waals surface area contributed by atoms with E-state index in [4.69, 9.17) is 23.2 Å². The molecular formula is C12H14Cl2N4O3. The summed E-state index contributed by atoms with van der Waals surface area (Å²) in [7, 11) is 2.00. The Kier molecular flexibility index (Phi) is 5.00. The summed E-state index contributed by atoms with van der Waals surface area (Å²) in [5.74, 6) is -0.504. The van der Waals surface area contributed by atoms with E-state index in [-0.39, 0.29) is 21.3 Å². The number of nitrogens with zero attached hydrogens (tertiary/aromatic N) is 3. The second-order valence-corrected chi connectivity index (χ2v) is 5.56. The zero-order valence-corrected chi connectivity index (χ0v) is 12.8. The number of piperazine rings is 1. The molecule has 0 radical (unpaired) electrons. The van der Waals surface area contributed by atoms with Crippen molar-refractivity contribution < 1.29 is 9.72 Å². The summed E-state index contributed by atoms with van der Waals surface area (Å²) in [6.45, 7) is 2.98. The maximum atomic E-state index is 12.2. The molecule has 1 aliphatic rings. The Morgan fingerprint density at radius 2 is 1.90 bits per heavy atom. The van der Waals surface area contributed by atoms with Crippen LogP contribution in [0.25, 0.3) is 0 Å². The predicted octanol–water partition coefficient (Wildman–Crippen LogP) is 1.79. The third kappa shape index (κ3) is 3.82. The van der Waals surface area contributed by atoms with E-state index < -0.39 is 10.8 Å². The Bertz CT molecular complexity index is 574. The first kappa shape index (κ1) is 16.0. The number of nitro groups is 1. The monoisotopic (exact) mass is 332 g/mol. The molecule has 1 saturated heterocycles. The Balaban J connectivity index is 2.17. The van der Waals surface area contributed by atoms with Gasteiger partial charge in [0.05, 0.1) is 20.5 Å². The van der Waals surface area contributed by atoms with Crippen LogP contribution < -0.4 is 5.43 Å². The average molecular weight is 333 g/mol. The molecule has 21 heavy (non-hydrogen) atoms. The van der Waals surface area contributed by atoms with Crippen LogP contribution >= 0.6 is 23.2 Å². The molecule has 0 unspecified atom stereocenters. The Hall–Kier alpha value is -1.41. The van der Waals surface area contributed by atoms with E-state index in [1.807, 2.05) is 7.05 Å². The number of hydrogen-bond donors (Lipinski definition) is 1. The van der Waals surface area contributed by atoms with Gasteiger partial charge in [-0.1, -0.05) is 23.2 Å². The lowest BCUT2D eigenvalue weighted by molar-refractivity contribution is -0.384. The number of likely N-dealkylation sites (N-methyl/N-ethyl adjacent to an activating group) is 1. The fraction of sp³-hybridized carbons (Fsp3) is 0.417. The highest BCUT2D eigenvalue weighted by atomic mass is 35.5.